The number of carbonyl (C=O) groups is 1. The van der Waals surface area contributed by atoms with E-state index in [4.69, 9.17) is 22.1 Å². The molecule has 0 saturated heterocycles. The van der Waals surface area contributed by atoms with Crippen LogP contribution < -0.4 is 5.73 Å². The highest BCUT2D eigenvalue weighted by molar-refractivity contribution is 6.33. The highest BCUT2D eigenvalue weighted by atomic mass is 35.5. The SMILES string of the molecule is COCC(=O)c1ccc(Cl)c(N)c1. The number of nitrogen functional groups attached to an aromatic ring is 1. The lowest BCUT2D eigenvalue weighted by atomic mass is 10.1. The number of hydrogen-bond acceptors (Lipinski definition) is 3. The number of nitrogens with two attached hydrogens (primary N) is 1. The number of Topliss-reactive ketones (excluding diaryl/α,β-unsaturated/α-hetero) is 1. The fraction of sp³-hybridized carbons (Fsp3) is 0.222. The van der Waals surface area contributed by atoms with E-state index in [0.29, 0.717) is 16.3 Å². The Bertz CT molecular complexity index is 325. The quantitative estimate of drug-likeness (QED) is 0.596. The predicted octanol–water partition coefficient (Wildman–Crippen LogP) is 1.75. The van der Waals surface area contributed by atoms with Gasteiger partial charge in [0, 0.05) is 12.7 Å². The molecule has 0 radical (unpaired) electrons. The summed E-state index contributed by atoms with van der Waals surface area (Å²) in [6.07, 6.45) is 0. The molecule has 0 amide bonds. The molecule has 4 heteroatoms. The number of benzene rings is 1. The van der Waals surface area contributed by atoms with Crippen LogP contribution in [0.25, 0.3) is 0 Å². The summed E-state index contributed by atoms with van der Waals surface area (Å²) in [5.74, 6) is -0.106. The fourth-order valence-corrected chi connectivity index (χ4v) is 1.05. The van der Waals surface area contributed by atoms with Gasteiger partial charge in [-0.15, -0.1) is 0 Å². The van der Waals surface area contributed by atoms with Gasteiger partial charge in [0.15, 0.2) is 5.78 Å². The lowest BCUT2D eigenvalue weighted by Gasteiger charge is -2.02. The molecule has 0 unspecified atom stereocenters. The summed E-state index contributed by atoms with van der Waals surface area (Å²) in [7, 11) is 1.47. The monoisotopic (exact) mass is 199 g/mol. The number of ketones is 1. The van der Waals surface area contributed by atoms with Crippen molar-refractivity contribution in [2.24, 2.45) is 0 Å². The van der Waals surface area contributed by atoms with Gasteiger partial charge >= 0.3 is 0 Å². The number of ether oxygens (including phenoxy) is 1. The summed E-state index contributed by atoms with van der Waals surface area (Å²) in [6.45, 7) is 0.0566. The summed E-state index contributed by atoms with van der Waals surface area (Å²) < 4.78 is 4.70. The topological polar surface area (TPSA) is 52.3 Å². The maximum absolute atomic E-state index is 11.3. The molecular weight excluding hydrogens is 190 g/mol. The van der Waals surface area contributed by atoms with Crippen LogP contribution in [0.2, 0.25) is 5.02 Å². The van der Waals surface area contributed by atoms with Gasteiger partial charge in [-0.05, 0) is 18.2 Å². The van der Waals surface area contributed by atoms with E-state index < -0.39 is 0 Å². The highest BCUT2D eigenvalue weighted by Gasteiger charge is 2.06. The second-order valence-electron chi connectivity index (χ2n) is 2.59. The molecule has 0 atom stereocenters. The van der Waals surface area contributed by atoms with Crippen molar-refractivity contribution in [2.45, 2.75) is 0 Å². The molecule has 13 heavy (non-hydrogen) atoms. The van der Waals surface area contributed by atoms with Gasteiger partial charge in [-0.2, -0.15) is 0 Å². The van der Waals surface area contributed by atoms with Crippen LogP contribution in [-0.4, -0.2) is 19.5 Å². The van der Waals surface area contributed by atoms with Crippen LogP contribution in [-0.2, 0) is 4.74 Å². The average molecular weight is 200 g/mol. The molecule has 1 aromatic carbocycles. The van der Waals surface area contributed by atoms with Crippen LogP contribution >= 0.6 is 11.6 Å². The normalized spacial score (nSPS) is 10.0. The number of carbonyl (C=O) groups excluding carboxylic acids is 1. The minimum Gasteiger partial charge on any atom is -0.398 e. The van der Waals surface area contributed by atoms with Crippen molar-refractivity contribution in [3.05, 3.63) is 28.8 Å². The highest BCUT2D eigenvalue weighted by Crippen LogP contribution is 2.19. The lowest BCUT2D eigenvalue weighted by molar-refractivity contribution is 0.0848. The molecule has 0 aliphatic heterocycles. The molecular formula is C9H10ClNO2. The molecule has 0 saturated carbocycles. The molecule has 0 aliphatic rings. The van der Waals surface area contributed by atoms with E-state index in [9.17, 15) is 4.79 Å². The number of methoxy groups -OCH3 is 1. The third-order valence-electron chi connectivity index (χ3n) is 1.59. The Morgan fingerprint density at radius 1 is 1.62 bits per heavy atom. The van der Waals surface area contributed by atoms with Gasteiger partial charge in [0.2, 0.25) is 0 Å². The lowest BCUT2D eigenvalue weighted by Crippen LogP contribution is -2.07. The fourth-order valence-electron chi connectivity index (χ4n) is 0.932. The van der Waals surface area contributed by atoms with E-state index in [1.54, 1.807) is 18.2 Å². The molecule has 0 aliphatic carbocycles. The summed E-state index contributed by atoms with van der Waals surface area (Å²) in [4.78, 5) is 11.3. The summed E-state index contributed by atoms with van der Waals surface area (Å²) >= 11 is 5.69. The molecule has 1 rings (SSSR count). The Kier molecular flexibility index (Phi) is 3.28. The number of anilines is 1. The van der Waals surface area contributed by atoms with Crippen LogP contribution in [0.5, 0.6) is 0 Å². The van der Waals surface area contributed by atoms with Crippen molar-refractivity contribution in [1.29, 1.82) is 0 Å². The Labute approximate surface area is 81.4 Å². The summed E-state index contributed by atoms with van der Waals surface area (Å²) in [5, 5.41) is 0.453. The van der Waals surface area contributed by atoms with Gasteiger partial charge < -0.3 is 10.5 Å². The van der Waals surface area contributed by atoms with E-state index in [1.807, 2.05) is 0 Å². The third-order valence-corrected chi connectivity index (χ3v) is 1.94. The van der Waals surface area contributed by atoms with Gasteiger partial charge in [-0.3, -0.25) is 4.79 Å². The number of hydrogen-bond donors (Lipinski definition) is 1. The molecule has 0 fully saturated rings. The van der Waals surface area contributed by atoms with Crippen LogP contribution in [0.4, 0.5) is 5.69 Å². The second kappa shape index (κ2) is 4.25. The maximum atomic E-state index is 11.3. The number of halogens is 1. The minimum atomic E-state index is -0.106. The van der Waals surface area contributed by atoms with E-state index in [-0.39, 0.29) is 12.4 Å². The van der Waals surface area contributed by atoms with Crippen molar-refractivity contribution in [3.8, 4) is 0 Å². The number of rotatable bonds is 3. The molecule has 70 valence electrons. The van der Waals surface area contributed by atoms with Crippen LogP contribution in [0.1, 0.15) is 10.4 Å². The zero-order valence-electron chi connectivity index (χ0n) is 7.21. The van der Waals surface area contributed by atoms with E-state index >= 15 is 0 Å². The summed E-state index contributed by atoms with van der Waals surface area (Å²) in [5.41, 5.74) is 6.45. The second-order valence-corrected chi connectivity index (χ2v) is 3.00. The molecule has 1 aromatic rings. The first-order valence-corrected chi connectivity index (χ1v) is 4.10. The van der Waals surface area contributed by atoms with Gasteiger partial charge in [0.05, 0.1) is 10.7 Å². The summed E-state index contributed by atoms with van der Waals surface area (Å²) in [6, 6.07) is 4.77. The van der Waals surface area contributed by atoms with Crippen LogP contribution in [0, 0.1) is 0 Å². The van der Waals surface area contributed by atoms with E-state index in [0.717, 1.165) is 0 Å². The van der Waals surface area contributed by atoms with Crippen molar-refractivity contribution in [2.75, 3.05) is 19.5 Å². The first-order chi connectivity index (χ1) is 6.15. The van der Waals surface area contributed by atoms with Crippen molar-refractivity contribution in [1.82, 2.24) is 0 Å². The van der Waals surface area contributed by atoms with Gasteiger partial charge in [0.25, 0.3) is 0 Å². The molecule has 0 spiro atoms. The first kappa shape index (κ1) is 10.0. The molecule has 0 heterocycles. The molecule has 2 N–H and O–H groups in total. The Morgan fingerprint density at radius 3 is 2.85 bits per heavy atom. The van der Waals surface area contributed by atoms with Crippen molar-refractivity contribution < 1.29 is 9.53 Å². The van der Waals surface area contributed by atoms with Gasteiger partial charge in [0.1, 0.15) is 6.61 Å². The molecule has 0 aromatic heterocycles. The van der Waals surface area contributed by atoms with E-state index in [1.165, 1.54) is 7.11 Å². The largest absolute Gasteiger partial charge is 0.398 e. The van der Waals surface area contributed by atoms with Crippen molar-refractivity contribution in [3.63, 3.8) is 0 Å². The Hall–Kier alpha value is -1.06. The third kappa shape index (κ3) is 2.44. The predicted molar refractivity (Wildman–Crippen MR) is 52.1 cm³/mol. The zero-order chi connectivity index (χ0) is 9.84. The smallest absolute Gasteiger partial charge is 0.188 e. The maximum Gasteiger partial charge on any atom is 0.188 e. The van der Waals surface area contributed by atoms with Crippen LogP contribution in [0.15, 0.2) is 18.2 Å². The van der Waals surface area contributed by atoms with Crippen molar-refractivity contribution >= 4 is 23.1 Å². The van der Waals surface area contributed by atoms with Crippen LogP contribution in [0.3, 0.4) is 0 Å². The Balaban J connectivity index is 2.90. The molecule has 0 bridgehead atoms. The van der Waals surface area contributed by atoms with Gasteiger partial charge in [-0.25, -0.2) is 0 Å². The standard InChI is InChI=1S/C9H10ClNO2/c1-13-5-9(12)6-2-3-7(10)8(11)4-6/h2-4H,5,11H2,1H3. The van der Waals surface area contributed by atoms with Gasteiger partial charge in [-0.1, -0.05) is 11.6 Å². The minimum absolute atomic E-state index is 0.0566. The zero-order valence-corrected chi connectivity index (χ0v) is 7.97. The Morgan fingerprint density at radius 2 is 2.31 bits per heavy atom. The average Bonchev–Trinajstić information content (AvgIpc) is 2.10. The first-order valence-electron chi connectivity index (χ1n) is 3.72. The molecule has 3 nitrogen and oxygen atoms in total. The van der Waals surface area contributed by atoms with E-state index in [2.05, 4.69) is 0 Å².